The normalized spacial score (nSPS) is 19.2. The number of nitrogen functional groups attached to an aromatic ring is 1. The molecule has 6 nitrogen and oxygen atoms in total. The first-order chi connectivity index (χ1) is 9.95. The zero-order chi connectivity index (χ0) is 15.4. The summed E-state index contributed by atoms with van der Waals surface area (Å²) in [7, 11) is 0. The second-order valence-corrected chi connectivity index (χ2v) is 5.26. The first-order valence-electron chi connectivity index (χ1n) is 6.82. The highest BCUT2D eigenvalue weighted by atomic mass is 19.1. The van der Waals surface area contributed by atoms with Gasteiger partial charge in [0.2, 0.25) is 11.8 Å². The van der Waals surface area contributed by atoms with E-state index in [1.165, 1.54) is 12.1 Å². The second kappa shape index (κ2) is 6.53. The minimum atomic E-state index is -0.453. The van der Waals surface area contributed by atoms with Crippen LogP contribution in [0.5, 0.6) is 0 Å². The second-order valence-electron chi connectivity index (χ2n) is 5.26. The smallest absolute Gasteiger partial charge is 0.238 e. The number of carbonyl (C=O) groups is 2. The molecule has 1 saturated heterocycles. The van der Waals surface area contributed by atoms with Gasteiger partial charge in [0.1, 0.15) is 5.82 Å². The van der Waals surface area contributed by atoms with Gasteiger partial charge in [-0.1, -0.05) is 0 Å². The third-order valence-corrected chi connectivity index (χ3v) is 3.56. The fourth-order valence-corrected chi connectivity index (χ4v) is 2.47. The number of benzene rings is 1. The summed E-state index contributed by atoms with van der Waals surface area (Å²) in [5.74, 6) is -1.24. The Kier molecular flexibility index (Phi) is 4.74. The molecule has 21 heavy (non-hydrogen) atoms. The minimum absolute atomic E-state index is 0.153. The van der Waals surface area contributed by atoms with Crippen molar-refractivity contribution in [2.45, 2.75) is 12.8 Å². The van der Waals surface area contributed by atoms with E-state index >= 15 is 0 Å². The Morgan fingerprint density at radius 1 is 1.43 bits per heavy atom. The first-order valence-corrected chi connectivity index (χ1v) is 6.82. The summed E-state index contributed by atoms with van der Waals surface area (Å²) in [4.78, 5) is 25.1. The molecule has 1 aliphatic heterocycles. The van der Waals surface area contributed by atoms with Crippen LogP contribution in [0.15, 0.2) is 18.2 Å². The topological polar surface area (TPSA) is 101 Å². The minimum Gasteiger partial charge on any atom is -0.397 e. The lowest BCUT2D eigenvalue weighted by Crippen LogP contribution is -2.44. The number of nitrogens with one attached hydrogen (secondary N) is 1. The third kappa shape index (κ3) is 4.16. The number of primary amides is 1. The molecular weight excluding hydrogens is 275 g/mol. The number of rotatable bonds is 4. The Morgan fingerprint density at radius 3 is 2.86 bits per heavy atom. The number of anilines is 2. The van der Waals surface area contributed by atoms with Crippen LogP contribution >= 0.6 is 0 Å². The Hall–Kier alpha value is -2.15. The number of halogens is 1. The average Bonchev–Trinajstić information content (AvgIpc) is 2.42. The van der Waals surface area contributed by atoms with Crippen molar-refractivity contribution < 1.29 is 14.0 Å². The average molecular weight is 294 g/mol. The van der Waals surface area contributed by atoms with Gasteiger partial charge in [0.15, 0.2) is 0 Å². The lowest BCUT2D eigenvalue weighted by molar-refractivity contribution is -0.125. The van der Waals surface area contributed by atoms with Crippen LogP contribution in [0.25, 0.3) is 0 Å². The summed E-state index contributed by atoms with van der Waals surface area (Å²) in [6.07, 6.45) is 1.60. The van der Waals surface area contributed by atoms with Crippen molar-refractivity contribution >= 4 is 23.2 Å². The molecule has 0 radical (unpaired) electrons. The molecular formula is C14H19FN4O2. The van der Waals surface area contributed by atoms with Gasteiger partial charge < -0.3 is 16.8 Å². The molecule has 2 rings (SSSR count). The zero-order valence-corrected chi connectivity index (χ0v) is 11.6. The molecule has 0 aromatic heterocycles. The molecule has 1 heterocycles. The van der Waals surface area contributed by atoms with Crippen LogP contribution < -0.4 is 16.8 Å². The fourth-order valence-electron chi connectivity index (χ4n) is 2.47. The van der Waals surface area contributed by atoms with Crippen molar-refractivity contribution in [2.75, 3.05) is 30.7 Å². The van der Waals surface area contributed by atoms with Crippen molar-refractivity contribution in [3.8, 4) is 0 Å². The van der Waals surface area contributed by atoms with Gasteiger partial charge >= 0.3 is 0 Å². The summed E-state index contributed by atoms with van der Waals surface area (Å²) >= 11 is 0. The maximum Gasteiger partial charge on any atom is 0.238 e. The fraction of sp³-hybridized carbons (Fsp3) is 0.429. The van der Waals surface area contributed by atoms with E-state index in [0.717, 1.165) is 25.5 Å². The molecule has 1 fully saturated rings. The van der Waals surface area contributed by atoms with Crippen LogP contribution in [0.3, 0.4) is 0 Å². The van der Waals surface area contributed by atoms with E-state index in [0.29, 0.717) is 12.2 Å². The summed E-state index contributed by atoms with van der Waals surface area (Å²) < 4.78 is 12.9. The van der Waals surface area contributed by atoms with Gasteiger partial charge in [0.05, 0.1) is 23.8 Å². The quantitative estimate of drug-likeness (QED) is 0.705. The number of nitrogens with two attached hydrogens (primary N) is 2. The molecule has 1 unspecified atom stereocenters. The highest BCUT2D eigenvalue weighted by Gasteiger charge is 2.25. The summed E-state index contributed by atoms with van der Waals surface area (Å²) in [5.41, 5.74) is 11.5. The van der Waals surface area contributed by atoms with Crippen LogP contribution in [-0.2, 0) is 9.59 Å². The Balaban J connectivity index is 1.91. The van der Waals surface area contributed by atoms with Gasteiger partial charge in [-0.25, -0.2) is 4.39 Å². The number of hydrogen-bond acceptors (Lipinski definition) is 4. The number of piperidine rings is 1. The Labute approximate surface area is 122 Å². The van der Waals surface area contributed by atoms with E-state index in [9.17, 15) is 14.0 Å². The highest BCUT2D eigenvalue weighted by molar-refractivity contribution is 5.95. The third-order valence-electron chi connectivity index (χ3n) is 3.56. The number of nitrogens with zero attached hydrogens (tertiary/aromatic N) is 1. The maximum atomic E-state index is 12.9. The zero-order valence-electron chi connectivity index (χ0n) is 11.6. The molecule has 0 bridgehead atoms. The van der Waals surface area contributed by atoms with E-state index in [-0.39, 0.29) is 30.0 Å². The van der Waals surface area contributed by atoms with Crippen LogP contribution in [-0.4, -0.2) is 36.3 Å². The standard InChI is InChI=1S/C14H19FN4O2/c15-10-3-4-12(11(16)6-10)18-13(20)8-19-5-1-2-9(7-19)14(17)21/h3-4,6,9H,1-2,5,7-8,16H2,(H2,17,21)(H,18,20). The van der Waals surface area contributed by atoms with Crippen molar-refractivity contribution in [3.05, 3.63) is 24.0 Å². The SMILES string of the molecule is NC(=O)C1CCCN(CC(=O)Nc2ccc(F)cc2N)C1. The van der Waals surface area contributed by atoms with E-state index in [2.05, 4.69) is 5.32 Å². The van der Waals surface area contributed by atoms with Crippen molar-refractivity contribution in [1.82, 2.24) is 4.90 Å². The maximum absolute atomic E-state index is 12.9. The molecule has 0 spiro atoms. The van der Waals surface area contributed by atoms with Crippen LogP contribution in [0.1, 0.15) is 12.8 Å². The number of carbonyl (C=O) groups excluding carboxylic acids is 2. The van der Waals surface area contributed by atoms with Gasteiger partial charge in [0, 0.05) is 6.54 Å². The van der Waals surface area contributed by atoms with Crippen molar-refractivity contribution in [3.63, 3.8) is 0 Å². The molecule has 5 N–H and O–H groups in total. The molecule has 114 valence electrons. The molecule has 1 atom stereocenters. The predicted molar refractivity (Wildman–Crippen MR) is 77.8 cm³/mol. The monoisotopic (exact) mass is 294 g/mol. The lowest BCUT2D eigenvalue weighted by Gasteiger charge is -2.30. The molecule has 0 saturated carbocycles. The van der Waals surface area contributed by atoms with E-state index in [4.69, 9.17) is 11.5 Å². The Morgan fingerprint density at radius 2 is 2.19 bits per heavy atom. The van der Waals surface area contributed by atoms with Gasteiger partial charge in [-0.05, 0) is 37.6 Å². The van der Waals surface area contributed by atoms with Crippen molar-refractivity contribution in [1.29, 1.82) is 0 Å². The van der Waals surface area contributed by atoms with E-state index < -0.39 is 5.82 Å². The number of hydrogen-bond donors (Lipinski definition) is 3. The van der Waals surface area contributed by atoms with Gasteiger partial charge in [-0.2, -0.15) is 0 Å². The molecule has 7 heteroatoms. The van der Waals surface area contributed by atoms with Crippen LogP contribution in [0.2, 0.25) is 0 Å². The number of amides is 2. The summed E-state index contributed by atoms with van der Waals surface area (Å²) in [6, 6.07) is 3.81. The molecule has 2 amide bonds. The number of likely N-dealkylation sites (tertiary alicyclic amines) is 1. The largest absolute Gasteiger partial charge is 0.397 e. The van der Waals surface area contributed by atoms with E-state index in [1.807, 2.05) is 4.90 Å². The molecule has 0 aliphatic carbocycles. The van der Waals surface area contributed by atoms with Gasteiger partial charge in [-0.3, -0.25) is 14.5 Å². The molecule has 1 aromatic rings. The predicted octanol–water partition coefficient (Wildman–Crippen LogP) is 0.544. The molecule has 1 aromatic carbocycles. The van der Waals surface area contributed by atoms with Gasteiger partial charge in [-0.15, -0.1) is 0 Å². The van der Waals surface area contributed by atoms with Crippen LogP contribution in [0.4, 0.5) is 15.8 Å². The van der Waals surface area contributed by atoms with Gasteiger partial charge in [0.25, 0.3) is 0 Å². The van der Waals surface area contributed by atoms with Crippen LogP contribution in [0, 0.1) is 11.7 Å². The lowest BCUT2D eigenvalue weighted by atomic mass is 9.97. The summed E-state index contributed by atoms with van der Waals surface area (Å²) in [5, 5.41) is 2.64. The van der Waals surface area contributed by atoms with Crippen molar-refractivity contribution in [2.24, 2.45) is 11.7 Å². The first kappa shape index (κ1) is 15.2. The Bertz CT molecular complexity index is 550. The highest BCUT2D eigenvalue weighted by Crippen LogP contribution is 2.20. The van der Waals surface area contributed by atoms with E-state index in [1.54, 1.807) is 0 Å². The summed E-state index contributed by atoms with van der Waals surface area (Å²) in [6.45, 7) is 1.39. The molecule has 1 aliphatic rings.